The molecule has 0 fully saturated rings. The molecule has 0 aliphatic carbocycles. The van der Waals surface area contributed by atoms with Gasteiger partial charge < -0.3 is 10.0 Å². The van der Waals surface area contributed by atoms with Gasteiger partial charge in [0.15, 0.2) is 0 Å². The summed E-state index contributed by atoms with van der Waals surface area (Å²) in [6, 6.07) is 9.95. The van der Waals surface area contributed by atoms with Crippen LogP contribution >= 0.6 is 0 Å². The molecule has 1 rings (SSSR count). The van der Waals surface area contributed by atoms with Crippen LogP contribution in [-0.4, -0.2) is 29.6 Å². The molecule has 0 saturated heterocycles. The van der Waals surface area contributed by atoms with Crippen LogP contribution in [0.15, 0.2) is 30.3 Å². The van der Waals surface area contributed by atoms with Crippen molar-refractivity contribution in [2.75, 3.05) is 13.6 Å². The molecule has 0 aliphatic rings. The maximum absolute atomic E-state index is 10.0. The second kappa shape index (κ2) is 5.13. The third-order valence-corrected chi connectivity index (χ3v) is 2.79. The first-order chi connectivity index (χ1) is 6.66. The van der Waals surface area contributed by atoms with Crippen molar-refractivity contribution in [3.8, 4) is 0 Å². The lowest BCUT2D eigenvalue weighted by Crippen LogP contribution is -2.34. The Labute approximate surface area is 86.2 Å². The van der Waals surface area contributed by atoms with Crippen LogP contribution in [0, 0.1) is 0 Å². The van der Waals surface area contributed by atoms with Crippen molar-refractivity contribution in [2.45, 2.75) is 26.0 Å². The second-order valence-corrected chi connectivity index (χ2v) is 3.67. The number of hydrogen-bond acceptors (Lipinski definition) is 2. The zero-order valence-corrected chi connectivity index (χ0v) is 9.14. The summed E-state index contributed by atoms with van der Waals surface area (Å²) in [5, 5.41) is 10.0. The fourth-order valence-electron chi connectivity index (χ4n) is 1.46. The Bertz CT molecular complexity index is 260. The van der Waals surface area contributed by atoms with E-state index >= 15 is 0 Å². The van der Waals surface area contributed by atoms with Gasteiger partial charge in [0.1, 0.15) is 0 Å². The molecule has 0 unspecified atom stereocenters. The standard InChI is InChI=1S/C12H19NO/c1-4-13(3)10(2)12(14)11-8-6-5-7-9-11/h5-10,12,14H,4H2,1-3H3/t10-,12+/m0/s1. The second-order valence-electron chi connectivity index (χ2n) is 3.67. The zero-order chi connectivity index (χ0) is 10.6. The lowest BCUT2D eigenvalue weighted by Gasteiger charge is -2.27. The van der Waals surface area contributed by atoms with E-state index in [2.05, 4.69) is 11.8 Å². The summed E-state index contributed by atoms with van der Waals surface area (Å²) in [4.78, 5) is 2.14. The number of nitrogens with zero attached hydrogens (tertiary/aromatic N) is 1. The lowest BCUT2D eigenvalue weighted by atomic mass is 10.0. The van der Waals surface area contributed by atoms with Gasteiger partial charge in [0, 0.05) is 6.04 Å². The predicted molar refractivity (Wildman–Crippen MR) is 59.2 cm³/mol. The van der Waals surface area contributed by atoms with Crippen molar-refractivity contribution in [3.05, 3.63) is 35.9 Å². The van der Waals surface area contributed by atoms with Crippen molar-refractivity contribution < 1.29 is 5.11 Å². The van der Waals surface area contributed by atoms with Gasteiger partial charge in [-0.3, -0.25) is 0 Å². The van der Waals surface area contributed by atoms with Gasteiger partial charge in [0.05, 0.1) is 6.10 Å². The highest BCUT2D eigenvalue weighted by molar-refractivity contribution is 5.18. The van der Waals surface area contributed by atoms with Gasteiger partial charge in [-0.25, -0.2) is 0 Å². The monoisotopic (exact) mass is 193 g/mol. The van der Waals surface area contributed by atoms with E-state index < -0.39 is 6.10 Å². The molecule has 0 radical (unpaired) electrons. The Kier molecular flexibility index (Phi) is 4.11. The number of rotatable bonds is 4. The first kappa shape index (κ1) is 11.2. The number of likely N-dealkylation sites (N-methyl/N-ethyl adjacent to an activating group) is 1. The minimum absolute atomic E-state index is 0.155. The Hall–Kier alpha value is -0.860. The molecule has 0 aliphatic heterocycles. The Morgan fingerprint density at radius 1 is 1.29 bits per heavy atom. The highest BCUT2D eigenvalue weighted by Gasteiger charge is 2.18. The van der Waals surface area contributed by atoms with Crippen LogP contribution in [0.2, 0.25) is 0 Å². The van der Waals surface area contributed by atoms with Crippen LogP contribution < -0.4 is 0 Å². The molecule has 2 heteroatoms. The number of aliphatic hydroxyl groups excluding tert-OH is 1. The summed E-state index contributed by atoms with van der Waals surface area (Å²) in [5.41, 5.74) is 0.986. The summed E-state index contributed by atoms with van der Waals surface area (Å²) >= 11 is 0. The molecule has 78 valence electrons. The molecule has 1 aromatic carbocycles. The normalized spacial score (nSPS) is 15.5. The van der Waals surface area contributed by atoms with E-state index in [0.29, 0.717) is 0 Å². The molecule has 0 bridgehead atoms. The highest BCUT2D eigenvalue weighted by atomic mass is 16.3. The maximum Gasteiger partial charge on any atom is 0.0942 e. The molecule has 0 heterocycles. The number of hydrogen-bond donors (Lipinski definition) is 1. The minimum Gasteiger partial charge on any atom is -0.387 e. The van der Waals surface area contributed by atoms with E-state index in [9.17, 15) is 5.11 Å². The first-order valence-corrected chi connectivity index (χ1v) is 5.10. The van der Waals surface area contributed by atoms with E-state index in [-0.39, 0.29) is 6.04 Å². The fraction of sp³-hybridized carbons (Fsp3) is 0.500. The summed E-state index contributed by atoms with van der Waals surface area (Å²) in [6.45, 7) is 5.08. The quantitative estimate of drug-likeness (QED) is 0.791. The van der Waals surface area contributed by atoms with E-state index in [4.69, 9.17) is 0 Å². The van der Waals surface area contributed by atoms with E-state index in [1.54, 1.807) is 0 Å². The molecule has 14 heavy (non-hydrogen) atoms. The Morgan fingerprint density at radius 3 is 2.36 bits per heavy atom. The van der Waals surface area contributed by atoms with Crippen LogP contribution in [0.5, 0.6) is 0 Å². The van der Waals surface area contributed by atoms with E-state index in [1.807, 2.05) is 44.3 Å². The van der Waals surface area contributed by atoms with Gasteiger partial charge in [-0.05, 0) is 26.1 Å². The first-order valence-electron chi connectivity index (χ1n) is 5.10. The summed E-state index contributed by atoms with van der Waals surface area (Å²) < 4.78 is 0. The molecule has 0 spiro atoms. The van der Waals surface area contributed by atoms with Crippen molar-refractivity contribution >= 4 is 0 Å². The zero-order valence-electron chi connectivity index (χ0n) is 9.14. The van der Waals surface area contributed by atoms with Gasteiger partial charge in [-0.2, -0.15) is 0 Å². The third-order valence-electron chi connectivity index (χ3n) is 2.79. The molecule has 0 saturated carbocycles. The van der Waals surface area contributed by atoms with Gasteiger partial charge in [-0.15, -0.1) is 0 Å². The molecule has 0 aromatic heterocycles. The van der Waals surface area contributed by atoms with E-state index in [1.165, 1.54) is 0 Å². The Morgan fingerprint density at radius 2 is 1.86 bits per heavy atom. The average Bonchev–Trinajstić information content (AvgIpc) is 2.27. The molecule has 0 amide bonds. The van der Waals surface area contributed by atoms with Gasteiger partial charge in [0.2, 0.25) is 0 Å². The van der Waals surface area contributed by atoms with Crippen LogP contribution in [0.4, 0.5) is 0 Å². The lowest BCUT2D eigenvalue weighted by molar-refractivity contribution is 0.0755. The van der Waals surface area contributed by atoms with Crippen LogP contribution in [-0.2, 0) is 0 Å². The molecule has 2 nitrogen and oxygen atoms in total. The summed E-state index contributed by atoms with van der Waals surface area (Å²) in [7, 11) is 2.02. The molecular weight excluding hydrogens is 174 g/mol. The van der Waals surface area contributed by atoms with Crippen molar-refractivity contribution in [1.29, 1.82) is 0 Å². The topological polar surface area (TPSA) is 23.5 Å². The number of aliphatic hydroxyl groups is 1. The smallest absolute Gasteiger partial charge is 0.0942 e. The van der Waals surface area contributed by atoms with Crippen LogP contribution in [0.1, 0.15) is 25.5 Å². The molecule has 1 aromatic rings. The largest absolute Gasteiger partial charge is 0.387 e. The van der Waals surface area contributed by atoms with E-state index in [0.717, 1.165) is 12.1 Å². The minimum atomic E-state index is -0.402. The molecule has 1 N–H and O–H groups in total. The predicted octanol–water partition coefficient (Wildman–Crippen LogP) is 2.06. The van der Waals surface area contributed by atoms with Gasteiger partial charge >= 0.3 is 0 Å². The Balaban J connectivity index is 2.70. The third kappa shape index (κ3) is 2.56. The van der Waals surface area contributed by atoms with Crippen molar-refractivity contribution in [2.24, 2.45) is 0 Å². The molecule has 2 atom stereocenters. The molecular formula is C12H19NO. The highest BCUT2D eigenvalue weighted by Crippen LogP contribution is 2.19. The van der Waals surface area contributed by atoms with Gasteiger partial charge in [0.25, 0.3) is 0 Å². The SMILES string of the molecule is CCN(C)[C@@H](C)[C@@H](O)c1ccccc1. The van der Waals surface area contributed by atoms with Gasteiger partial charge in [-0.1, -0.05) is 37.3 Å². The maximum atomic E-state index is 10.0. The summed E-state index contributed by atoms with van der Waals surface area (Å²) in [5.74, 6) is 0. The van der Waals surface area contributed by atoms with Crippen LogP contribution in [0.25, 0.3) is 0 Å². The van der Waals surface area contributed by atoms with Crippen LogP contribution in [0.3, 0.4) is 0 Å². The van der Waals surface area contributed by atoms with Crippen molar-refractivity contribution in [3.63, 3.8) is 0 Å². The average molecular weight is 193 g/mol. The summed E-state index contributed by atoms with van der Waals surface area (Å²) in [6.07, 6.45) is -0.402. The van der Waals surface area contributed by atoms with Crippen molar-refractivity contribution in [1.82, 2.24) is 4.90 Å². The number of benzene rings is 1. The fourth-order valence-corrected chi connectivity index (χ4v) is 1.46.